The molecule has 4 unspecified atom stereocenters. The van der Waals surface area contributed by atoms with Crippen molar-refractivity contribution in [3.05, 3.63) is 12.2 Å². The summed E-state index contributed by atoms with van der Waals surface area (Å²) in [4.78, 5) is 24.2. The Hall–Kier alpha value is -0.766. The molecule has 0 aromatic carbocycles. The molecule has 174 valence electrons. The molecule has 1 aliphatic rings. The number of esters is 1. The number of rotatable bonds is 13. The first-order valence-corrected chi connectivity index (χ1v) is 18.3. The van der Waals surface area contributed by atoms with E-state index in [1.54, 1.807) is 6.08 Å². The number of ketones is 1. The summed E-state index contributed by atoms with van der Waals surface area (Å²) >= 11 is 0. The van der Waals surface area contributed by atoms with Crippen LogP contribution in [0.4, 0.5) is 0 Å². The molecule has 1 aliphatic carbocycles. The predicted octanol–water partition coefficient (Wildman–Crippen LogP) is 5.72. The molecule has 1 saturated carbocycles. The normalized spacial score (nSPS) is 25.1. The first-order valence-electron chi connectivity index (χ1n) is 11.5. The van der Waals surface area contributed by atoms with E-state index in [1.807, 2.05) is 0 Å². The summed E-state index contributed by atoms with van der Waals surface area (Å²) in [5.74, 6) is 0.209. The highest BCUT2D eigenvalue weighted by Crippen LogP contribution is 2.42. The third-order valence-corrected chi connectivity index (χ3v) is 7.34. The first kappa shape index (κ1) is 27.3. The zero-order chi connectivity index (χ0) is 22.9. The molecule has 4 atom stereocenters. The van der Waals surface area contributed by atoms with E-state index in [2.05, 4.69) is 52.3 Å². The standard InChI is InChI=1S/C23H44O5Si2/c1-9-10-11-12-18(24)13-14-19-20(15-16-23(25)26-2)22(28-30(6,7)8)17-21(19)27-29(3,4)5/h13-14,19-22H,9-12,15-17H2,1-8H3/b14-13+. The van der Waals surface area contributed by atoms with Crippen molar-refractivity contribution in [2.24, 2.45) is 11.8 Å². The molecule has 0 bridgehead atoms. The highest BCUT2D eigenvalue weighted by Gasteiger charge is 2.45. The van der Waals surface area contributed by atoms with Crippen molar-refractivity contribution in [1.82, 2.24) is 0 Å². The molecule has 5 nitrogen and oxygen atoms in total. The van der Waals surface area contributed by atoms with Crippen molar-refractivity contribution in [2.45, 2.75) is 103 Å². The number of carbonyl (C=O) groups excluding carboxylic acids is 2. The predicted molar refractivity (Wildman–Crippen MR) is 128 cm³/mol. The van der Waals surface area contributed by atoms with Crippen LogP contribution in [0.2, 0.25) is 39.3 Å². The zero-order valence-corrected chi connectivity index (χ0v) is 22.5. The van der Waals surface area contributed by atoms with Crippen LogP contribution in [-0.2, 0) is 23.2 Å². The van der Waals surface area contributed by atoms with Crippen molar-refractivity contribution in [3.63, 3.8) is 0 Å². The number of allylic oxidation sites excluding steroid dienone is 1. The largest absolute Gasteiger partial charge is 0.469 e. The summed E-state index contributed by atoms with van der Waals surface area (Å²) in [6.07, 6.45) is 9.47. The molecule has 7 heteroatoms. The van der Waals surface area contributed by atoms with Crippen LogP contribution in [0, 0.1) is 11.8 Å². The van der Waals surface area contributed by atoms with Gasteiger partial charge in [-0.3, -0.25) is 9.59 Å². The molecule has 0 N–H and O–H groups in total. The van der Waals surface area contributed by atoms with Crippen LogP contribution >= 0.6 is 0 Å². The van der Waals surface area contributed by atoms with Gasteiger partial charge in [-0.2, -0.15) is 0 Å². The second-order valence-electron chi connectivity index (χ2n) is 10.4. The minimum Gasteiger partial charge on any atom is -0.469 e. The molecule has 30 heavy (non-hydrogen) atoms. The van der Waals surface area contributed by atoms with Gasteiger partial charge >= 0.3 is 5.97 Å². The van der Waals surface area contributed by atoms with Gasteiger partial charge < -0.3 is 13.6 Å². The Morgan fingerprint density at radius 3 is 2.07 bits per heavy atom. The van der Waals surface area contributed by atoms with Crippen molar-refractivity contribution in [3.8, 4) is 0 Å². The van der Waals surface area contributed by atoms with Gasteiger partial charge in [0.15, 0.2) is 22.4 Å². The van der Waals surface area contributed by atoms with Gasteiger partial charge in [0.2, 0.25) is 0 Å². The lowest BCUT2D eigenvalue weighted by Gasteiger charge is -2.30. The maximum absolute atomic E-state index is 12.4. The molecule has 0 amide bonds. The average Bonchev–Trinajstić information content (AvgIpc) is 2.90. The number of hydrogen-bond acceptors (Lipinski definition) is 5. The summed E-state index contributed by atoms with van der Waals surface area (Å²) in [6.45, 7) is 15.3. The number of unbranched alkanes of at least 4 members (excludes halogenated alkanes) is 2. The molecule has 0 aromatic heterocycles. The van der Waals surface area contributed by atoms with Crippen molar-refractivity contribution >= 4 is 28.4 Å². The molecule has 1 fully saturated rings. The van der Waals surface area contributed by atoms with Gasteiger partial charge in [-0.1, -0.05) is 25.8 Å². The van der Waals surface area contributed by atoms with Crippen LogP contribution in [0.25, 0.3) is 0 Å². The highest BCUT2D eigenvalue weighted by atomic mass is 28.4. The van der Waals surface area contributed by atoms with Crippen LogP contribution in [0.15, 0.2) is 12.2 Å². The van der Waals surface area contributed by atoms with Gasteiger partial charge in [-0.25, -0.2) is 0 Å². The van der Waals surface area contributed by atoms with Gasteiger partial charge in [-0.05, 0) is 70.5 Å². The fraction of sp³-hybridized carbons (Fsp3) is 0.826. The SMILES string of the molecule is CCCCCC(=O)/C=C/C1C(O[Si](C)(C)C)CC(O[Si](C)(C)C)C1CCC(=O)OC. The number of carbonyl (C=O) groups is 2. The maximum Gasteiger partial charge on any atom is 0.305 e. The summed E-state index contributed by atoms with van der Waals surface area (Å²) in [7, 11) is -2.11. The van der Waals surface area contributed by atoms with E-state index >= 15 is 0 Å². The van der Waals surface area contributed by atoms with E-state index in [4.69, 9.17) is 13.6 Å². The third-order valence-electron chi connectivity index (χ3n) is 5.32. The maximum atomic E-state index is 12.4. The Labute approximate surface area is 186 Å². The van der Waals surface area contributed by atoms with E-state index in [-0.39, 0.29) is 35.8 Å². The Kier molecular flexibility index (Phi) is 11.2. The smallest absolute Gasteiger partial charge is 0.305 e. The van der Waals surface area contributed by atoms with E-state index in [0.29, 0.717) is 19.3 Å². The van der Waals surface area contributed by atoms with Crippen LogP contribution in [0.1, 0.15) is 51.9 Å². The lowest BCUT2D eigenvalue weighted by atomic mass is 9.88. The topological polar surface area (TPSA) is 61.8 Å². The summed E-state index contributed by atoms with van der Waals surface area (Å²) in [5, 5.41) is 0. The zero-order valence-electron chi connectivity index (χ0n) is 20.5. The van der Waals surface area contributed by atoms with Crippen molar-refractivity contribution < 1.29 is 23.2 Å². The monoisotopic (exact) mass is 456 g/mol. The minimum atomic E-state index is -1.77. The third kappa shape index (κ3) is 10.5. The van der Waals surface area contributed by atoms with Crippen LogP contribution in [0.5, 0.6) is 0 Å². The lowest BCUT2D eigenvalue weighted by Crippen LogP contribution is -2.35. The molecule has 1 rings (SSSR count). The molecular formula is C23H44O5Si2. The Morgan fingerprint density at radius 2 is 1.53 bits per heavy atom. The second-order valence-corrected chi connectivity index (χ2v) is 19.3. The quantitative estimate of drug-likeness (QED) is 0.153. The fourth-order valence-electron chi connectivity index (χ4n) is 4.14. The first-order chi connectivity index (χ1) is 13.9. The van der Waals surface area contributed by atoms with Gasteiger partial charge in [0, 0.05) is 18.8 Å². The minimum absolute atomic E-state index is 0.0281. The summed E-state index contributed by atoms with van der Waals surface area (Å²) in [5.41, 5.74) is 0. The molecule has 0 heterocycles. The second kappa shape index (κ2) is 12.3. The van der Waals surface area contributed by atoms with Gasteiger partial charge in [0.1, 0.15) is 0 Å². The average molecular weight is 457 g/mol. The van der Waals surface area contributed by atoms with Crippen LogP contribution < -0.4 is 0 Å². The van der Waals surface area contributed by atoms with Gasteiger partial charge in [-0.15, -0.1) is 0 Å². The van der Waals surface area contributed by atoms with Crippen LogP contribution in [-0.4, -0.2) is 47.7 Å². The fourth-order valence-corrected chi connectivity index (χ4v) is 6.48. The molecule has 0 aliphatic heterocycles. The van der Waals surface area contributed by atoms with Crippen molar-refractivity contribution in [1.29, 1.82) is 0 Å². The van der Waals surface area contributed by atoms with E-state index < -0.39 is 16.6 Å². The van der Waals surface area contributed by atoms with E-state index in [0.717, 1.165) is 25.7 Å². The highest BCUT2D eigenvalue weighted by molar-refractivity contribution is 6.70. The Balaban J connectivity index is 3.07. The van der Waals surface area contributed by atoms with Gasteiger partial charge in [0.25, 0.3) is 0 Å². The number of ether oxygens (including phenoxy) is 1. The number of hydrogen-bond donors (Lipinski definition) is 0. The van der Waals surface area contributed by atoms with E-state index in [1.165, 1.54) is 7.11 Å². The van der Waals surface area contributed by atoms with E-state index in [9.17, 15) is 9.59 Å². The van der Waals surface area contributed by atoms with Crippen molar-refractivity contribution in [2.75, 3.05) is 7.11 Å². The number of methoxy groups -OCH3 is 1. The van der Waals surface area contributed by atoms with Gasteiger partial charge in [0.05, 0.1) is 19.3 Å². The molecule has 0 aromatic rings. The molecule has 0 saturated heterocycles. The lowest BCUT2D eigenvalue weighted by molar-refractivity contribution is -0.141. The summed E-state index contributed by atoms with van der Waals surface area (Å²) in [6, 6.07) is 0. The van der Waals surface area contributed by atoms with Crippen LogP contribution in [0.3, 0.4) is 0 Å². The Morgan fingerprint density at radius 1 is 0.933 bits per heavy atom. The molecular weight excluding hydrogens is 412 g/mol. The summed E-state index contributed by atoms with van der Waals surface area (Å²) < 4.78 is 18.0. The molecule has 0 spiro atoms. The Bertz CT molecular complexity index is 577. The molecule has 0 radical (unpaired) electrons.